The standard InChI is InChI=1S/C15H28/c1-12(2)9-14-7-5-6-8-15(11-14)10-13(3)4/h5,7,12-15H,6,8-11H2,1-4H3. The van der Waals surface area contributed by atoms with E-state index in [1.54, 1.807) is 0 Å². The van der Waals surface area contributed by atoms with Gasteiger partial charge in [0.25, 0.3) is 0 Å². The lowest BCUT2D eigenvalue weighted by Crippen LogP contribution is -2.10. The molecule has 1 aliphatic rings. The lowest BCUT2D eigenvalue weighted by Gasteiger charge is -2.22. The van der Waals surface area contributed by atoms with E-state index in [1.807, 2.05) is 0 Å². The zero-order valence-corrected chi connectivity index (χ0v) is 11.0. The second-order valence-electron chi connectivity index (χ2n) is 6.13. The summed E-state index contributed by atoms with van der Waals surface area (Å²) in [6.45, 7) is 9.40. The Labute approximate surface area is 96.2 Å². The largest absolute Gasteiger partial charge is 0.0882 e. The van der Waals surface area contributed by atoms with Crippen LogP contribution in [0.25, 0.3) is 0 Å². The summed E-state index contributed by atoms with van der Waals surface area (Å²) in [5, 5.41) is 0. The molecule has 0 nitrogen and oxygen atoms in total. The molecule has 0 fully saturated rings. The van der Waals surface area contributed by atoms with E-state index in [-0.39, 0.29) is 0 Å². The quantitative estimate of drug-likeness (QED) is 0.567. The average molecular weight is 208 g/mol. The zero-order valence-electron chi connectivity index (χ0n) is 11.0. The van der Waals surface area contributed by atoms with Crippen LogP contribution in [0, 0.1) is 23.7 Å². The van der Waals surface area contributed by atoms with Crippen LogP contribution in [0.5, 0.6) is 0 Å². The van der Waals surface area contributed by atoms with Gasteiger partial charge in [0.15, 0.2) is 0 Å². The van der Waals surface area contributed by atoms with Gasteiger partial charge < -0.3 is 0 Å². The highest BCUT2D eigenvalue weighted by atomic mass is 14.2. The highest BCUT2D eigenvalue weighted by molar-refractivity contribution is 4.93. The van der Waals surface area contributed by atoms with Crippen molar-refractivity contribution in [1.82, 2.24) is 0 Å². The SMILES string of the molecule is CC(C)CC1C=CCCC(CC(C)C)C1. The zero-order chi connectivity index (χ0) is 11.3. The molecule has 0 heteroatoms. The van der Waals surface area contributed by atoms with Crippen molar-refractivity contribution < 1.29 is 0 Å². The van der Waals surface area contributed by atoms with E-state index < -0.39 is 0 Å². The molecule has 0 amide bonds. The summed E-state index contributed by atoms with van der Waals surface area (Å²) in [4.78, 5) is 0. The molecule has 1 rings (SSSR count). The molecule has 2 atom stereocenters. The fraction of sp³-hybridized carbons (Fsp3) is 0.867. The Morgan fingerprint density at radius 3 is 2.33 bits per heavy atom. The van der Waals surface area contributed by atoms with Crippen LogP contribution in [0.4, 0.5) is 0 Å². The molecule has 2 unspecified atom stereocenters. The second-order valence-corrected chi connectivity index (χ2v) is 6.13. The molecular weight excluding hydrogens is 180 g/mol. The van der Waals surface area contributed by atoms with Crippen LogP contribution in [0.15, 0.2) is 12.2 Å². The van der Waals surface area contributed by atoms with Crippen LogP contribution in [-0.4, -0.2) is 0 Å². The molecule has 0 bridgehead atoms. The molecule has 0 aromatic carbocycles. The second kappa shape index (κ2) is 6.35. The highest BCUT2D eigenvalue weighted by Crippen LogP contribution is 2.31. The first kappa shape index (κ1) is 12.8. The van der Waals surface area contributed by atoms with E-state index in [4.69, 9.17) is 0 Å². The maximum Gasteiger partial charge on any atom is -0.0228 e. The molecule has 0 N–H and O–H groups in total. The average Bonchev–Trinajstić information content (AvgIpc) is 2.28. The Balaban J connectivity index is 2.43. The van der Waals surface area contributed by atoms with Gasteiger partial charge in [-0.25, -0.2) is 0 Å². The summed E-state index contributed by atoms with van der Waals surface area (Å²) in [5.74, 6) is 3.55. The predicted molar refractivity (Wildman–Crippen MR) is 68.9 cm³/mol. The molecule has 15 heavy (non-hydrogen) atoms. The normalized spacial score (nSPS) is 27.3. The van der Waals surface area contributed by atoms with E-state index in [0.717, 1.165) is 23.7 Å². The van der Waals surface area contributed by atoms with Crippen LogP contribution >= 0.6 is 0 Å². The van der Waals surface area contributed by atoms with E-state index in [2.05, 4.69) is 39.8 Å². The molecule has 88 valence electrons. The number of hydrogen-bond acceptors (Lipinski definition) is 0. The number of allylic oxidation sites excluding steroid dienone is 2. The van der Waals surface area contributed by atoms with E-state index in [0.29, 0.717) is 0 Å². The summed E-state index contributed by atoms with van der Waals surface area (Å²) in [6, 6.07) is 0. The predicted octanol–water partition coefficient (Wildman–Crippen LogP) is 5.05. The first-order chi connectivity index (χ1) is 7.08. The van der Waals surface area contributed by atoms with Crippen molar-refractivity contribution in [1.29, 1.82) is 0 Å². The van der Waals surface area contributed by atoms with Crippen LogP contribution in [0.2, 0.25) is 0 Å². The van der Waals surface area contributed by atoms with Gasteiger partial charge in [-0.3, -0.25) is 0 Å². The minimum absolute atomic E-state index is 0.845. The summed E-state index contributed by atoms with van der Waals surface area (Å²) in [7, 11) is 0. The minimum atomic E-state index is 0.845. The van der Waals surface area contributed by atoms with Crippen molar-refractivity contribution in [3.05, 3.63) is 12.2 Å². The van der Waals surface area contributed by atoms with Crippen molar-refractivity contribution >= 4 is 0 Å². The van der Waals surface area contributed by atoms with Gasteiger partial charge >= 0.3 is 0 Å². The Hall–Kier alpha value is -0.260. The molecule has 0 aliphatic heterocycles. The lowest BCUT2D eigenvalue weighted by molar-refractivity contribution is 0.317. The molecule has 0 radical (unpaired) electrons. The van der Waals surface area contributed by atoms with Crippen molar-refractivity contribution in [2.75, 3.05) is 0 Å². The third-order valence-corrected chi connectivity index (χ3v) is 3.36. The van der Waals surface area contributed by atoms with E-state index >= 15 is 0 Å². The summed E-state index contributed by atoms with van der Waals surface area (Å²) in [6.07, 6.45) is 11.9. The van der Waals surface area contributed by atoms with Crippen LogP contribution in [0.1, 0.15) is 59.8 Å². The van der Waals surface area contributed by atoms with Gasteiger partial charge in [-0.2, -0.15) is 0 Å². The third-order valence-electron chi connectivity index (χ3n) is 3.36. The first-order valence-corrected chi connectivity index (χ1v) is 6.74. The Bertz CT molecular complexity index is 188. The molecule has 0 spiro atoms. The summed E-state index contributed by atoms with van der Waals surface area (Å²) in [5.41, 5.74) is 0. The molecule has 0 heterocycles. The monoisotopic (exact) mass is 208 g/mol. The smallest absolute Gasteiger partial charge is 0.0228 e. The van der Waals surface area contributed by atoms with Gasteiger partial charge in [-0.15, -0.1) is 0 Å². The molecule has 0 aromatic rings. The molecule has 1 aliphatic carbocycles. The fourth-order valence-corrected chi connectivity index (χ4v) is 2.91. The summed E-state index contributed by atoms with van der Waals surface area (Å²) < 4.78 is 0. The Morgan fingerprint density at radius 2 is 1.73 bits per heavy atom. The van der Waals surface area contributed by atoms with Gasteiger partial charge in [0, 0.05) is 0 Å². The van der Waals surface area contributed by atoms with Gasteiger partial charge in [0.1, 0.15) is 0 Å². The van der Waals surface area contributed by atoms with Gasteiger partial charge in [0.05, 0.1) is 0 Å². The van der Waals surface area contributed by atoms with Crippen LogP contribution in [-0.2, 0) is 0 Å². The number of rotatable bonds is 4. The fourth-order valence-electron chi connectivity index (χ4n) is 2.91. The Morgan fingerprint density at radius 1 is 1.07 bits per heavy atom. The first-order valence-electron chi connectivity index (χ1n) is 6.74. The highest BCUT2D eigenvalue weighted by Gasteiger charge is 2.18. The Kier molecular flexibility index (Phi) is 5.42. The van der Waals surface area contributed by atoms with Crippen molar-refractivity contribution in [2.45, 2.75) is 59.8 Å². The van der Waals surface area contributed by atoms with Crippen LogP contribution < -0.4 is 0 Å². The maximum absolute atomic E-state index is 2.49. The van der Waals surface area contributed by atoms with E-state index in [1.165, 1.54) is 32.1 Å². The maximum atomic E-state index is 2.49. The molecule has 0 saturated heterocycles. The molecular formula is C15H28. The number of hydrogen-bond donors (Lipinski definition) is 0. The van der Waals surface area contributed by atoms with Crippen molar-refractivity contribution in [3.63, 3.8) is 0 Å². The topological polar surface area (TPSA) is 0 Å². The van der Waals surface area contributed by atoms with Gasteiger partial charge in [0.2, 0.25) is 0 Å². The van der Waals surface area contributed by atoms with Crippen molar-refractivity contribution in [3.8, 4) is 0 Å². The summed E-state index contributed by atoms with van der Waals surface area (Å²) >= 11 is 0. The molecule has 0 saturated carbocycles. The minimum Gasteiger partial charge on any atom is -0.0882 e. The van der Waals surface area contributed by atoms with Crippen LogP contribution in [0.3, 0.4) is 0 Å². The third kappa shape index (κ3) is 5.39. The van der Waals surface area contributed by atoms with Crippen molar-refractivity contribution in [2.24, 2.45) is 23.7 Å². The molecule has 0 aromatic heterocycles. The van der Waals surface area contributed by atoms with E-state index in [9.17, 15) is 0 Å². The van der Waals surface area contributed by atoms with Gasteiger partial charge in [-0.1, -0.05) is 39.8 Å². The lowest BCUT2D eigenvalue weighted by atomic mass is 9.84. The van der Waals surface area contributed by atoms with Gasteiger partial charge in [-0.05, 0) is 55.8 Å².